The van der Waals surface area contributed by atoms with Gasteiger partial charge in [-0.2, -0.15) is 0 Å². The zero-order valence-corrected chi connectivity index (χ0v) is 15.0. The highest BCUT2D eigenvalue weighted by Crippen LogP contribution is 2.31. The summed E-state index contributed by atoms with van der Waals surface area (Å²) >= 11 is 3.33. The summed E-state index contributed by atoms with van der Waals surface area (Å²) in [6.45, 7) is 4.32. The average Bonchev–Trinajstić information content (AvgIpc) is 2.43. The molecule has 1 fully saturated rings. The maximum absolute atomic E-state index is 12.5. The third kappa shape index (κ3) is 3.79. The minimum atomic E-state index is -3.50. The van der Waals surface area contributed by atoms with Gasteiger partial charge in [-0.25, -0.2) is 13.1 Å². The summed E-state index contributed by atoms with van der Waals surface area (Å²) in [6, 6.07) is 4.83. The van der Waals surface area contributed by atoms with Crippen LogP contribution in [0.4, 0.5) is 0 Å². The Morgan fingerprint density at radius 1 is 1.29 bits per heavy atom. The van der Waals surface area contributed by atoms with Crippen LogP contribution in [0.1, 0.15) is 33.1 Å². The highest BCUT2D eigenvalue weighted by atomic mass is 79.9. The Hall–Kier alpha value is -0.590. The second-order valence-corrected chi connectivity index (χ2v) is 8.36. The number of rotatable bonds is 4. The van der Waals surface area contributed by atoms with Crippen molar-refractivity contribution in [2.24, 2.45) is 11.8 Å². The number of hydrogen-bond donors (Lipinski definition) is 1. The molecule has 0 amide bonds. The second-order valence-electron chi connectivity index (χ2n) is 5.79. The van der Waals surface area contributed by atoms with Crippen molar-refractivity contribution in [1.29, 1.82) is 0 Å². The molecule has 21 heavy (non-hydrogen) atoms. The maximum Gasteiger partial charge on any atom is 0.240 e. The first-order valence-corrected chi connectivity index (χ1v) is 9.48. The van der Waals surface area contributed by atoms with Gasteiger partial charge in [0.25, 0.3) is 0 Å². The van der Waals surface area contributed by atoms with E-state index in [-0.39, 0.29) is 10.9 Å². The van der Waals surface area contributed by atoms with Gasteiger partial charge < -0.3 is 4.74 Å². The van der Waals surface area contributed by atoms with Gasteiger partial charge in [-0.1, -0.05) is 26.7 Å². The van der Waals surface area contributed by atoms with E-state index in [1.807, 2.05) is 0 Å². The normalized spacial score (nSPS) is 26.6. The number of sulfonamides is 1. The Labute approximate surface area is 135 Å². The molecule has 3 atom stereocenters. The van der Waals surface area contributed by atoms with E-state index in [9.17, 15) is 8.42 Å². The van der Waals surface area contributed by atoms with E-state index in [4.69, 9.17) is 4.74 Å². The SMILES string of the molecule is COc1ccc(S(=O)(=O)NC2CCCC(C)C2C)cc1Br. The van der Waals surface area contributed by atoms with Gasteiger partial charge in [-0.3, -0.25) is 0 Å². The summed E-state index contributed by atoms with van der Waals surface area (Å²) in [7, 11) is -1.95. The molecule has 1 saturated carbocycles. The molecule has 118 valence electrons. The number of methoxy groups -OCH3 is 1. The lowest BCUT2D eigenvalue weighted by atomic mass is 9.78. The third-order valence-electron chi connectivity index (χ3n) is 4.45. The lowest BCUT2D eigenvalue weighted by Crippen LogP contribution is -2.43. The molecule has 0 radical (unpaired) electrons. The quantitative estimate of drug-likeness (QED) is 0.874. The maximum atomic E-state index is 12.5. The summed E-state index contributed by atoms with van der Waals surface area (Å²) in [6.07, 6.45) is 3.15. The van der Waals surface area contributed by atoms with Gasteiger partial charge >= 0.3 is 0 Å². The lowest BCUT2D eigenvalue weighted by molar-refractivity contribution is 0.227. The Morgan fingerprint density at radius 3 is 2.62 bits per heavy atom. The zero-order valence-electron chi connectivity index (χ0n) is 12.6. The van der Waals surface area contributed by atoms with Crippen LogP contribution >= 0.6 is 15.9 Å². The van der Waals surface area contributed by atoms with Crippen molar-refractivity contribution >= 4 is 26.0 Å². The molecule has 1 aromatic rings. The molecule has 4 nitrogen and oxygen atoms in total. The van der Waals surface area contributed by atoms with Crippen LogP contribution in [0.5, 0.6) is 5.75 Å². The van der Waals surface area contributed by atoms with Crippen LogP contribution in [0, 0.1) is 11.8 Å². The predicted molar refractivity (Wildman–Crippen MR) is 87.0 cm³/mol. The molecule has 0 saturated heterocycles. The highest BCUT2D eigenvalue weighted by molar-refractivity contribution is 9.10. The molecule has 0 spiro atoms. The molecule has 0 aromatic heterocycles. The van der Waals surface area contributed by atoms with Crippen molar-refractivity contribution in [2.45, 2.75) is 44.0 Å². The van der Waals surface area contributed by atoms with Gasteiger partial charge in [-0.15, -0.1) is 0 Å². The van der Waals surface area contributed by atoms with Crippen molar-refractivity contribution in [2.75, 3.05) is 7.11 Å². The van der Waals surface area contributed by atoms with Gasteiger partial charge in [0.2, 0.25) is 10.0 Å². The fraction of sp³-hybridized carbons (Fsp3) is 0.600. The number of halogens is 1. The van der Waals surface area contributed by atoms with Crippen LogP contribution < -0.4 is 9.46 Å². The largest absolute Gasteiger partial charge is 0.496 e. The Kier molecular flexibility index (Phi) is 5.33. The van der Waals surface area contributed by atoms with Crippen LogP contribution in [0.25, 0.3) is 0 Å². The molecule has 2 rings (SSSR count). The summed E-state index contributed by atoms with van der Waals surface area (Å²) < 4.78 is 33.7. The van der Waals surface area contributed by atoms with E-state index in [0.29, 0.717) is 22.1 Å². The van der Waals surface area contributed by atoms with Gasteiger partial charge in [0.05, 0.1) is 16.5 Å². The molecular weight excluding hydrogens is 354 g/mol. The molecule has 1 aromatic carbocycles. The molecule has 3 unspecified atom stereocenters. The molecule has 0 aliphatic heterocycles. The topological polar surface area (TPSA) is 55.4 Å². The van der Waals surface area contributed by atoms with Gasteiger partial charge in [-0.05, 0) is 52.4 Å². The van der Waals surface area contributed by atoms with Crippen LogP contribution in [-0.2, 0) is 10.0 Å². The Bertz CT molecular complexity index is 603. The van der Waals surface area contributed by atoms with Crippen LogP contribution in [-0.4, -0.2) is 21.6 Å². The minimum Gasteiger partial charge on any atom is -0.496 e. The molecule has 0 heterocycles. The van der Waals surface area contributed by atoms with Gasteiger partial charge in [0.1, 0.15) is 5.75 Å². The summed E-state index contributed by atoms with van der Waals surface area (Å²) in [5.74, 6) is 1.53. The third-order valence-corrected chi connectivity index (χ3v) is 6.55. The van der Waals surface area contributed by atoms with E-state index in [1.165, 1.54) is 6.42 Å². The number of ether oxygens (including phenoxy) is 1. The number of nitrogens with one attached hydrogen (secondary N) is 1. The number of hydrogen-bond acceptors (Lipinski definition) is 3. The summed E-state index contributed by atoms with van der Waals surface area (Å²) in [5, 5.41) is 0. The standard InChI is InChI=1S/C15H22BrNO3S/c1-10-5-4-6-14(11(10)2)17-21(18,19)12-7-8-15(20-3)13(16)9-12/h7-11,14,17H,4-6H2,1-3H3. The van der Waals surface area contributed by atoms with E-state index in [1.54, 1.807) is 25.3 Å². The number of benzene rings is 1. The van der Waals surface area contributed by atoms with E-state index in [2.05, 4.69) is 34.5 Å². The van der Waals surface area contributed by atoms with Crippen molar-refractivity contribution in [3.63, 3.8) is 0 Å². The van der Waals surface area contributed by atoms with E-state index < -0.39 is 10.0 Å². The Morgan fingerprint density at radius 2 is 2.00 bits per heavy atom. The van der Waals surface area contributed by atoms with Crippen molar-refractivity contribution < 1.29 is 13.2 Å². The summed E-state index contributed by atoms with van der Waals surface area (Å²) in [4.78, 5) is 0.264. The van der Waals surface area contributed by atoms with E-state index in [0.717, 1.165) is 12.8 Å². The fourth-order valence-corrected chi connectivity index (χ4v) is 4.91. The van der Waals surface area contributed by atoms with Crippen molar-refractivity contribution in [3.8, 4) is 5.75 Å². The first kappa shape index (κ1) is 16.8. The van der Waals surface area contributed by atoms with Crippen molar-refractivity contribution in [3.05, 3.63) is 22.7 Å². The van der Waals surface area contributed by atoms with Gasteiger partial charge in [0, 0.05) is 6.04 Å². The molecule has 1 aliphatic rings. The first-order valence-electron chi connectivity index (χ1n) is 7.21. The van der Waals surface area contributed by atoms with Gasteiger partial charge in [0.15, 0.2) is 0 Å². The second kappa shape index (κ2) is 6.67. The van der Waals surface area contributed by atoms with E-state index >= 15 is 0 Å². The summed E-state index contributed by atoms with van der Waals surface area (Å²) in [5.41, 5.74) is 0. The molecule has 1 aliphatic carbocycles. The fourth-order valence-electron chi connectivity index (χ4n) is 2.83. The molecule has 6 heteroatoms. The highest BCUT2D eigenvalue weighted by Gasteiger charge is 2.30. The predicted octanol–water partition coefficient (Wildman–Crippen LogP) is 3.56. The lowest BCUT2D eigenvalue weighted by Gasteiger charge is -2.34. The monoisotopic (exact) mass is 375 g/mol. The average molecular weight is 376 g/mol. The van der Waals surface area contributed by atoms with Crippen LogP contribution in [0.3, 0.4) is 0 Å². The zero-order chi connectivity index (χ0) is 15.6. The van der Waals surface area contributed by atoms with Crippen LogP contribution in [0.15, 0.2) is 27.6 Å². The van der Waals surface area contributed by atoms with Crippen molar-refractivity contribution in [1.82, 2.24) is 4.72 Å². The minimum absolute atomic E-state index is 0.0135. The molecule has 1 N–H and O–H groups in total. The smallest absolute Gasteiger partial charge is 0.240 e. The van der Waals surface area contributed by atoms with Crippen LogP contribution in [0.2, 0.25) is 0 Å². The molecule has 0 bridgehead atoms. The first-order chi connectivity index (χ1) is 9.85. The molecular formula is C15H22BrNO3S. The Balaban J connectivity index is 2.20.